The summed E-state index contributed by atoms with van der Waals surface area (Å²) in [6.45, 7) is 6.10. The van der Waals surface area contributed by atoms with Crippen molar-refractivity contribution in [1.82, 2.24) is 5.32 Å². The van der Waals surface area contributed by atoms with Crippen molar-refractivity contribution < 1.29 is 4.74 Å². The summed E-state index contributed by atoms with van der Waals surface area (Å²) >= 11 is 3.58. The number of rotatable bonds is 6. The average Bonchev–Trinajstić information content (AvgIpc) is 2.48. The molecule has 0 amide bonds. The maximum Gasteiger partial charge on any atom is 0.141 e. The lowest BCUT2D eigenvalue weighted by Gasteiger charge is -2.10. The number of benzene rings is 2. The molecule has 0 spiro atoms. The molecule has 0 fully saturated rings. The van der Waals surface area contributed by atoms with Gasteiger partial charge >= 0.3 is 0 Å². The van der Waals surface area contributed by atoms with Crippen molar-refractivity contribution in [3.05, 3.63) is 58.1 Å². The highest BCUT2D eigenvalue weighted by Crippen LogP contribution is 2.30. The van der Waals surface area contributed by atoms with E-state index >= 15 is 0 Å². The van der Waals surface area contributed by atoms with Crippen molar-refractivity contribution in [2.24, 2.45) is 0 Å². The highest BCUT2D eigenvalue weighted by atomic mass is 79.9. The minimum atomic E-state index is 0.846. The number of halogens is 1. The van der Waals surface area contributed by atoms with Crippen LogP contribution in [0.2, 0.25) is 0 Å². The van der Waals surface area contributed by atoms with Crippen LogP contribution >= 0.6 is 15.9 Å². The Hall–Kier alpha value is -1.32. The van der Waals surface area contributed by atoms with Gasteiger partial charge in [0.15, 0.2) is 0 Å². The van der Waals surface area contributed by atoms with E-state index in [1.165, 1.54) is 11.1 Å². The lowest BCUT2D eigenvalue weighted by Crippen LogP contribution is -2.11. The van der Waals surface area contributed by atoms with Gasteiger partial charge in [-0.3, -0.25) is 0 Å². The quantitative estimate of drug-likeness (QED) is 0.810. The van der Waals surface area contributed by atoms with Crippen molar-refractivity contribution in [2.75, 3.05) is 6.54 Å². The molecule has 106 valence electrons. The van der Waals surface area contributed by atoms with Gasteiger partial charge in [-0.1, -0.05) is 32.0 Å². The number of nitrogens with one attached hydrogen (secondary N) is 1. The van der Waals surface area contributed by atoms with Gasteiger partial charge in [0.1, 0.15) is 11.5 Å². The fraction of sp³-hybridized carbons (Fsp3) is 0.294. The Labute approximate surface area is 129 Å². The zero-order chi connectivity index (χ0) is 14.4. The van der Waals surface area contributed by atoms with E-state index in [-0.39, 0.29) is 0 Å². The molecule has 0 aliphatic rings. The van der Waals surface area contributed by atoms with Crippen LogP contribution in [0.15, 0.2) is 46.9 Å². The van der Waals surface area contributed by atoms with Crippen molar-refractivity contribution in [1.29, 1.82) is 0 Å². The van der Waals surface area contributed by atoms with Gasteiger partial charge in [-0.25, -0.2) is 0 Å². The summed E-state index contributed by atoms with van der Waals surface area (Å²) in [5.74, 6) is 1.72. The molecular weight excluding hydrogens is 314 g/mol. The van der Waals surface area contributed by atoms with E-state index < -0.39 is 0 Å². The van der Waals surface area contributed by atoms with Gasteiger partial charge < -0.3 is 10.1 Å². The van der Waals surface area contributed by atoms with E-state index in [2.05, 4.69) is 59.4 Å². The summed E-state index contributed by atoms with van der Waals surface area (Å²) in [4.78, 5) is 0. The van der Waals surface area contributed by atoms with Gasteiger partial charge in [-0.2, -0.15) is 0 Å². The normalized spacial score (nSPS) is 10.6. The van der Waals surface area contributed by atoms with E-state index in [4.69, 9.17) is 4.74 Å². The van der Waals surface area contributed by atoms with E-state index in [0.29, 0.717) is 0 Å². The topological polar surface area (TPSA) is 21.3 Å². The van der Waals surface area contributed by atoms with Gasteiger partial charge in [0.2, 0.25) is 0 Å². The molecule has 0 saturated heterocycles. The van der Waals surface area contributed by atoms with Crippen molar-refractivity contribution >= 4 is 15.9 Å². The fourth-order valence-corrected chi connectivity index (χ4v) is 2.47. The summed E-state index contributed by atoms with van der Waals surface area (Å²) in [6, 6.07) is 14.4. The minimum absolute atomic E-state index is 0.846. The Morgan fingerprint density at radius 2 is 1.90 bits per heavy atom. The summed E-state index contributed by atoms with van der Waals surface area (Å²) in [7, 11) is 0. The lowest BCUT2D eigenvalue weighted by atomic mass is 10.1. The molecule has 0 aliphatic carbocycles. The molecular formula is C17H20BrNO. The van der Waals surface area contributed by atoms with Crippen LogP contribution in [0.1, 0.15) is 25.0 Å². The zero-order valence-corrected chi connectivity index (χ0v) is 13.5. The third-order valence-electron chi connectivity index (χ3n) is 3.11. The number of aryl methyl sites for hydroxylation is 1. The molecule has 0 bridgehead atoms. The van der Waals surface area contributed by atoms with Gasteiger partial charge in [0.05, 0.1) is 4.47 Å². The standard InChI is InChI=1S/C17H20BrNO/c1-3-13-6-5-7-15(10-13)20-17-9-8-14(11-16(17)18)12-19-4-2/h5-11,19H,3-4,12H2,1-2H3. The van der Waals surface area contributed by atoms with E-state index in [0.717, 1.165) is 35.5 Å². The van der Waals surface area contributed by atoms with Crippen LogP contribution in [-0.4, -0.2) is 6.54 Å². The molecule has 0 aliphatic heterocycles. The van der Waals surface area contributed by atoms with Crippen molar-refractivity contribution in [3.8, 4) is 11.5 Å². The largest absolute Gasteiger partial charge is 0.456 e. The Balaban J connectivity index is 2.12. The van der Waals surface area contributed by atoms with Crippen LogP contribution in [0, 0.1) is 0 Å². The Kier molecular flexibility index (Phi) is 5.62. The summed E-state index contributed by atoms with van der Waals surface area (Å²) in [6.07, 6.45) is 1.01. The van der Waals surface area contributed by atoms with Gasteiger partial charge in [-0.15, -0.1) is 0 Å². The predicted molar refractivity (Wildman–Crippen MR) is 87.4 cm³/mol. The Morgan fingerprint density at radius 3 is 2.60 bits per heavy atom. The van der Waals surface area contributed by atoms with Gasteiger partial charge in [-0.05, 0) is 64.3 Å². The molecule has 2 nitrogen and oxygen atoms in total. The molecule has 1 N–H and O–H groups in total. The van der Waals surface area contributed by atoms with Crippen LogP contribution in [0.5, 0.6) is 11.5 Å². The second-order valence-corrected chi connectivity index (χ2v) is 5.50. The van der Waals surface area contributed by atoms with Crippen LogP contribution in [0.4, 0.5) is 0 Å². The second-order valence-electron chi connectivity index (χ2n) is 4.65. The molecule has 0 unspecified atom stereocenters. The highest BCUT2D eigenvalue weighted by molar-refractivity contribution is 9.10. The highest BCUT2D eigenvalue weighted by Gasteiger charge is 2.04. The Bertz CT molecular complexity index is 569. The fourth-order valence-electron chi connectivity index (χ4n) is 1.96. The van der Waals surface area contributed by atoms with Crippen LogP contribution < -0.4 is 10.1 Å². The number of hydrogen-bond acceptors (Lipinski definition) is 2. The average molecular weight is 334 g/mol. The van der Waals surface area contributed by atoms with E-state index in [9.17, 15) is 0 Å². The first-order valence-corrected chi connectivity index (χ1v) is 7.78. The third kappa shape index (κ3) is 4.09. The van der Waals surface area contributed by atoms with Gasteiger partial charge in [0.25, 0.3) is 0 Å². The molecule has 20 heavy (non-hydrogen) atoms. The first-order valence-electron chi connectivity index (χ1n) is 6.99. The summed E-state index contributed by atoms with van der Waals surface area (Å²) in [5, 5.41) is 3.31. The SMILES string of the molecule is CCNCc1ccc(Oc2cccc(CC)c2)c(Br)c1. The first-order chi connectivity index (χ1) is 9.72. The molecule has 0 aromatic heterocycles. The molecule has 3 heteroatoms. The third-order valence-corrected chi connectivity index (χ3v) is 3.73. The summed E-state index contributed by atoms with van der Waals surface area (Å²) < 4.78 is 6.93. The van der Waals surface area contributed by atoms with Crippen LogP contribution in [0.25, 0.3) is 0 Å². The second kappa shape index (κ2) is 7.46. The molecule has 0 atom stereocenters. The first kappa shape index (κ1) is 15.1. The minimum Gasteiger partial charge on any atom is -0.456 e. The van der Waals surface area contributed by atoms with E-state index in [1.54, 1.807) is 0 Å². The van der Waals surface area contributed by atoms with Gasteiger partial charge in [0, 0.05) is 6.54 Å². The molecule has 0 radical (unpaired) electrons. The molecule has 0 heterocycles. The maximum absolute atomic E-state index is 5.94. The zero-order valence-electron chi connectivity index (χ0n) is 11.9. The Morgan fingerprint density at radius 1 is 1.05 bits per heavy atom. The molecule has 2 aromatic carbocycles. The lowest BCUT2D eigenvalue weighted by molar-refractivity contribution is 0.478. The molecule has 0 saturated carbocycles. The number of ether oxygens (including phenoxy) is 1. The van der Waals surface area contributed by atoms with Crippen LogP contribution in [0.3, 0.4) is 0 Å². The smallest absolute Gasteiger partial charge is 0.141 e. The summed E-state index contributed by atoms with van der Waals surface area (Å²) in [5.41, 5.74) is 2.52. The number of hydrogen-bond donors (Lipinski definition) is 1. The van der Waals surface area contributed by atoms with Crippen LogP contribution in [-0.2, 0) is 13.0 Å². The van der Waals surface area contributed by atoms with Crippen molar-refractivity contribution in [3.63, 3.8) is 0 Å². The maximum atomic E-state index is 5.94. The molecule has 2 rings (SSSR count). The monoisotopic (exact) mass is 333 g/mol. The molecule has 2 aromatic rings. The van der Waals surface area contributed by atoms with E-state index in [1.807, 2.05) is 18.2 Å². The predicted octanol–water partition coefficient (Wildman–Crippen LogP) is 4.91. The van der Waals surface area contributed by atoms with Crippen molar-refractivity contribution in [2.45, 2.75) is 26.8 Å².